The van der Waals surface area contributed by atoms with Crippen LogP contribution in [0.25, 0.3) is 44.1 Å². The van der Waals surface area contributed by atoms with Gasteiger partial charge >= 0.3 is 0 Å². The van der Waals surface area contributed by atoms with Crippen LogP contribution >= 0.6 is 0 Å². The number of aliphatic hydroxyl groups excluding tert-OH is 1. The van der Waals surface area contributed by atoms with Crippen LogP contribution in [0.1, 0.15) is 77.9 Å². The van der Waals surface area contributed by atoms with Gasteiger partial charge < -0.3 is 30.3 Å². The molecule has 3 aliphatic heterocycles. The number of pyridine rings is 4. The lowest BCUT2D eigenvalue weighted by Gasteiger charge is -2.29. The number of hydrogen-bond donors (Lipinski definition) is 5. The van der Waals surface area contributed by atoms with Gasteiger partial charge in [-0.05, 0) is 141 Å². The smallest absolute Gasteiger partial charge is 0.276 e. The SMILES string of the molecule is O=C(Nc1ccc(N2CCCCC2)nc1)c1n[nH]c2ccc(-c3cncc(CN4CCC(O)CC4)c3)cc12.O=C(Nc1ccc(N2CCCCC2)nc1)c1n[nH]c2ccc(-c3cncc(Oc4ccccc4)c3)cc12. The zero-order valence-electron chi connectivity index (χ0n) is 41.7. The Kier molecular flexibility index (Phi) is 14.7. The van der Waals surface area contributed by atoms with Crippen molar-refractivity contribution >= 4 is 56.6 Å². The van der Waals surface area contributed by atoms with Crippen molar-refractivity contribution in [3.8, 4) is 33.8 Å². The highest BCUT2D eigenvalue weighted by molar-refractivity contribution is 6.12. The van der Waals surface area contributed by atoms with Crippen molar-refractivity contribution in [1.82, 2.24) is 45.2 Å². The van der Waals surface area contributed by atoms with E-state index >= 15 is 0 Å². The molecule has 3 fully saturated rings. The first-order chi connectivity index (χ1) is 36.8. The number of ether oxygens (including phenoxy) is 1. The molecule has 9 aromatic rings. The maximum absolute atomic E-state index is 13.2. The number of aromatic nitrogens is 8. The third kappa shape index (κ3) is 11.8. The second-order valence-corrected chi connectivity index (χ2v) is 19.4. The van der Waals surface area contributed by atoms with E-state index in [9.17, 15) is 14.7 Å². The van der Waals surface area contributed by atoms with Crippen LogP contribution in [0.2, 0.25) is 0 Å². The number of H-pyrrole nitrogens is 2. The van der Waals surface area contributed by atoms with E-state index in [1.807, 2.05) is 109 Å². The molecule has 3 aromatic carbocycles. The molecule has 0 unspecified atom stereocenters. The quantitative estimate of drug-likeness (QED) is 0.0773. The molecule has 2 amide bonds. The highest BCUT2D eigenvalue weighted by Gasteiger charge is 2.21. The molecular weight excluding hydrogens is 943 g/mol. The van der Waals surface area contributed by atoms with E-state index in [1.165, 1.54) is 38.5 Å². The van der Waals surface area contributed by atoms with Gasteiger partial charge in [-0.15, -0.1) is 0 Å². The van der Waals surface area contributed by atoms with Gasteiger partial charge in [0.1, 0.15) is 23.1 Å². The first-order valence-corrected chi connectivity index (χ1v) is 25.9. The fourth-order valence-electron chi connectivity index (χ4n) is 9.98. The first-order valence-electron chi connectivity index (χ1n) is 25.9. The van der Waals surface area contributed by atoms with Crippen molar-refractivity contribution in [2.75, 3.05) is 59.7 Å². The molecule has 0 atom stereocenters. The van der Waals surface area contributed by atoms with Crippen molar-refractivity contribution in [3.63, 3.8) is 0 Å². The number of benzene rings is 3. The Hall–Kier alpha value is -8.54. The number of nitrogens with one attached hydrogen (secondary N) is 4. The molecule has 0 bridgehead atoms. The van der Waals surface area contributed by atoms with Crippen LogP contribution in [-0.2, 0) is 6.54 Å². The second-order valence-electron chi connectivity index (χ2n) is 19.4. The molecule has 17 nitrogen and oxygen atoms in total. The summed E-state index contributed by atoms with van der Waals surface area (Å²) in [4.78, 5) is 51.1. The molecule has 0 spiro atoms. The number of aliphatic hydroxyl groups is 1. The first kappa shape index (κ1) is 48.7. The Morgan fingerprint density at radius 3 is 1.61 bits per heavy atom. The topological polar surface area (TPSA) is 206 Å². The number of piperidine rings is 3. The number of likely N-dealkylation sites (tertiary alicyclic amines) is 1. The number of para-hydroxylation sites is 1. The Morgan fingerprint density at radius 1 is 0.547 bits per heavy atom. The van der Waals surface area contributed by atoms with Gasteiger partial charge in [-0.25, -0.2) is 9.97 Å². The number of aromatic amines is 2. The van der Waals surface area contributed by atoms with Gasteiger partial charge in [0.2, 0.25) is 0 Å². The highest BCUT2D eigenvalue weighted by Crippen LogP contribution is 2.31. The van der Waals surface area contributed by atoms with Gasteiger partial charge in [0.05, 0.1) is 47.1 Å². The van der Waals surface area contributed by atoms with Crippen molar-refractivity contribution in [3.05, 3.63) is 157 Å². The largest absolute Gasteiger partial charge is 0.456 e. The van der Waals surface area contributed by atoms with Crippen molar-refractivity contribution in [2.24, 2.45) is 0 Å². The molecule has 3 saturated heterocycles. The summed E-state index contributed by atoms with van der Waals surface area (Å²) < 4.78 is 5.93. The summed E-state index contributed by atoms with van der Waals surface area (Å²) in [5, 5.41) is 31.7. The number of nitrogens with zero attached hydrogens (tertiary/aromatic N) is 9. The van der Waals surface area contributed by atoms with Crippen LogP contribution < -0.4 is 25.2 Å². The summed E-state index contributed by atoms with van der Waals surface area (Å²) in [6, 6.07) is 33.1. The monoisotopic (exact) mass is 1000 g/mol. The number of rotatable bonds is 12. The predicted octanol–water partition coefficient (Wildman–Crippen LogP) is 10.3. The zero-order valence-corrected chi connectivity index (χ0v) is 41.7. The molecule has 3 aliphatic rings. The number of fused-ring (bicyclic) bond motifs is 2. The van der Waals surface area contributed by atoms with E-state index in [4.69, 9.17) is 4.74 Å². The van der Waals surface area contributed by atoms with Gasteiger partial charge in [-0.2, -0.15) is 10.2 Å². The van der Waals surface area contributed by atoms with Gasteiger partial charge in [0, 0.05) is 86.3 Å². The van der Waals surface area contributed by atoms with Crippen LogP contribution in [0.4, 0.5) is 23.0 Å². The Morgan fingerprint density at radius 2 is 1.08 bits per heavy atom. The molecule has 380 valence electrons. The van der Waals surface area contributed by atoms with Gasteiger partial charge in [0.15, 0.2) is 11.4 Å². The van der Waals surface area contributed by atoms with Crippen LogP contribution in [-0.4, -0.2) is 108 Å². The third-order valence-electron chi connectivity index (χ3n) is 14.0. The van der Waals surface area contributed by atoms with E-state index < -0.39 is 0 Å². The molecule has 0 saturated carbocycles. The predicted molar refractivity (Wildman–Crippen MR) is 292 cm³/mol. The van der Waals surface area contributed by atoms with Gasteiger partial charge in [-0.3, -0.25) is 34.7 Å². The average Bonchev–Trinajstić information content (AvgIpc) is 4.10. The Labute approximate surface area is 434 Å². The molecular formula is C58H59N13O4. The van der Waals surface area contributed by atoms with Crippen molar-refractivity contribution < 1.29 is 19.4 Å². The molecule has 9 heterocycles. The van der Waals surface area contributed by atoms with Crippen LogP contribution in [0, 0.1) is 0 Å². The number of amides is 2. The highest BCUT2D eigenvalue weighted by atomic mass is 16.5. The molecule has 0 radical (unpaired) electrons. The third-order valence-corrected chi connectivity index (χ3v) is 14.0. The maximum atomic E-state index is 13.2. The van der Waals surface area contributed by atoms with E-state index in [2.05, 4.69) is 71.7 Å². The summed E-state index contributed by atoms with van der Waals surface area (Å²) in [6.45, 7) is 6.69. The fourth-order valence-corrected chi connectivity index (χ4v) is 9.98. The Bertz CT molecular complexity index is 3380. The van der Waals surface area contributed by atoms with Gasteiger partial charge in [0.25, 0.3) is 11.8 Å². The minimum Gasteiger partial charge on any atom is -0.456 e. The molecule has 6 aromatic heterocycles. The van der Waals surface area contributed by atoms with Gasteiger partial charge in [-0.1, -0.05) is 30.3 Å². The minimum absolute atomic E-state index is 0.182. The maximum Gasteiger partial charge on any atom is 0.276 e. The normalized spacial score (nSPS) is 15.3. The molecule has 12 rings (SSSR count). The fraction of sp³-hybridized carbons (Fsp3) is 0.276. The Balaban J connectivity index is 0.000000161. The van der Waals surface area contributed by atoms with E-state index in [1.54, 1.807) is 24.8 Å². The van der Waals surface area contributed by atoms with Crippen molar-refractivity contribution in [1.29, 1.82) is 0 Å². The molecule has 75 heavy (non-hydrogen) atoms. The minimum atomic E-state index is -0.296. The lowest BCUT2D eigenvalue weighted by molar-refractivity contribution is 0.0792. The van der Waals surface area contributed by atoms with E-state index in [0.29, 0.717) is 28.5 Å². The number of carbonyl (C=O) groups is 2. The number of carbonyl (C=O) groups excluding carboxylic acids is 2. The van der Waals surface area contributed by atoms with Crippen molar-refractivity contribution in [2.45, 2.75) is 64.0 Å². The second kappa shape index (κ2) is 22.7. The molecule has 17 heteroatoms. The zero-order chi connectivity index (χ0) is 50.9. The summed E-state index contributed by atoms with van der Waals surface area (Å²) >= 11 is 0. The average molecular weight is 1000 g/mol. The van der Waals surface area contributed by atoms with Crippen LogP contribution in [0.3, 0.4) is 0 Å². The standard InChI is InChI=1S/C29H33N7O2.C29H26N6O2/c37-24-8-12-35(13-9-24)19-20-14-22(17-30-16-20)21-4-6-26-25(15-21)28(34-33-26)29(38)32-23-5-7-27(31-18-23)36-10-2-1-3-11-36;36-29(32-22-10-12-27(31-18-22)35-13-5-2-6-14-35)28-25-16-20(9-11-26(25)33-34-28)21-15-24(19-30-17-21)37-23-7-3-1-4-8-23/h4-7,14-18,24,37H,1-3,8-13,19H2,(H,32,38)(H,33,34);1,3-4,7-12,15-19H,2,5-6,13-14H2,(H,32,36)(H,33,34). The summed E-state index contributed by atoms with van der Waals surface area (Å²) in [6.07, 6.45) is 19.4. The summed E-state index contributed by atoms with van der Waals surface area (Å²) in [5.74, 6) is 2.69. The molecule has 0 aliphatic carbocycles. The van der Waals surface area contributed by atoms with Crippen LogP contribution in [0.15, 0.2) is 140 Å². The number of hydrogen-bond acceptors (Lipinski definition) is 13. The summed E-state index contributed by atoms with van der Waals surface area (Å²) in [5.41, 5.74) is 8.39. The van der Waals surface area contributed by atoms with E-state index in [-0.39, 0.29) is 17.9 Å². The summed E-state index contributed by atoms with van der Waals surface area (Å²) in [7, 11) is 0. The lowest BCUT2D eigenvalue weighted by atomic mass is 10.0. The number of anilines is 4. The van der Waals surface area contributed by atoms with Crippen LogP contribution in [0.5, 0.6) is 11.5 Å². The lowest BCUT2D eigenvalue weighted by Crippen LogP contribution is -2.35. The van der Waals surface area contributed by atoms with E-state index in [0.717, 1.165) is 126 Å². The molecule has 5 N–H and O–H groups in total.